The third kappa shape index (κ3) is 5.22. The highest BCUT2D eigenvalue weighted by Crippen LogP contribution is 2.47. The molecule has 1 aliphatic carbocycles. The van der Waals surface area contributed by atoms with Crippen molar-refractivity contribution in [2.75, 3.05) is 44.2 Å². The van der Waals surface area contributed by atoms with E-state index in [9.17, 15) is 9.50 Å². The molecule has 0 amide bonds. The monoisotopic (exact) mass is 589 g/mol. The fourth-order valence-electron chi connectivity index (χ4n) is 6.63. The topological polar surface area (TPSA) is 103 Å². The predicted molar refractivity (Wildman–Crippen MR) is 162 cm³/mol. The van der Waals surface area contributed by atoms with Crippen LogP contribution in [0, 0.1) is 18.2 Å². The largest absolute Gasteiger partial charge is 0.463 e. The van der Waals surface area contributed by atoms with Gasteiger partial charge in [0.25, 0.3) is 0 Å². The molecule has 1 atom stereocenters. The number of hydrogen-bond acceptors (Lipinski definition) is 8. The van der Waals surface area contributed by atoms with Gasteiger partial charge in [-0.15, -0.1) is 0 Å². The number of rotatable bonds is 8. The minimum Gasteiger partial charge on any atom is -0.463 e. The number of fused-ring (bicyclic) bond motifs is 2. The fraction of sp³-hybridized carbons (Fsp3) is 0.500. The third-order valence-corrected chi connectivity index (χ3v) is 9.12. The Kier molecular flexibility index (Phi) is 6.85. The van der Waals surface area contributed by atoms with E-state index in [0.29, 0.717) is 56.0 Å². The van der Waals surface area contributed by atoms with E-state index in [2.05, 4.69) is 25.1 Å². The van der Waals surface area contributed by atoms with E-state index in [1.807, 2.05) is 43.9 Å². The summed E-state index contributed by atoms with van der Waals surface area (Å²) >= 11 is 0. The lowest BCUT2D eigenvalue weighted by atomic mass is 9.94. The molecule has 2 aliphatic heterocycles. The molecule has 226 valence electrons. The highest BCUT2D eigenvalue weighted by molar-refractivity contribution is 6.01. The number of aromatic nitrogens is 5. The molecular weight excluding hydrogens is 552 g/mol. The van der Waals surface area contributed by atoms with Gasteiger partial charge in [0.2, 0.25) is 0 Å². The molecule has 3 fully saturated rings. The molecular formula is C32H37F2N7O2. The number of likely N-dealkylation sites (tertiary alicyclic amines) is 1. The number of hydrogen-bond donors (Lipinski definition) is 2. The number of nitrogens with zero attached hydrogens (tertiary/aromatic N) is 6. The first-order valence-corrected chi connectivity index (χ1v) is 15.1. The van der Waals surface area contributed by atoms with Crippen molar-refractivity contribution in [3.05, 3.63) is 41.5 Å². The zero-order valence-corrected chi connectivity index (χ0v) is 24.8. The van der Waals surface area contributed by atoms with Gasteiger partial charge in [-0.05, 0) is 63.6 Å². The van der Waals surface area contributed by atoms with Crippen molar-refractivity contribution in [2.24, 2.45) is 5.41 Å². The second-order valence-electron chi connectivity index (χ2n) is 12.9. The van der Waals surface area contributed by atoms with Crippen LogP contribution in [-0.2, 0) is 0 Å². The number of nitrogens with one attached hydrogen (secondary N) is 1. The number of benzene rings is 1. The van der Waals surface area contributed by atoms with E-state index >= 15 is 4.39 Å². The van der Waals surface area contributed by atoms with Crippen LogP contribution in [0.5, 0.6) is 6.01 Å². The number of allylic oxidation sites excluding steroid dienone is 1. The molecule has 0 radical (unpaired) electrons. The van der Waals surface area contributed by atoms with E-state index in [1.54, 1.807) is 12.4 Å². The average molecular weight is 590 g/mol. The van der Waals surface area contributed by atoms with Gasteiger partial charge in [0.15, 0.2) is 5.82 Å². The number of aromatic amines is 1. The van der Waals surface area contributed by atoms with E-state index < -0.39 is 17.6 Å². The number of aryl methyl sites for hydroxylation is 1. The first kappa shape index (κ1) is 28.1. The third-order valence-electron chi connectivity index (χ3n) is 9.12. The number of alkyl halides is 1. The first-order valence-electron chi connectivity index (χ1n) is 15.1. The van der Waals surface area contributed by atoms with Gasteiger partial charge in [-0.1, -0.05) is 12.2 Å². The van der Waals surface area contributed by atoms with Gasteiger partial charge < -0.3 is 14.7 Å². The lowest BCUT2D eigenvalue weighted by Gasteiger charge is -2.38. The van der Waals surface area contributed by atoms with Crippen LogP contribution in [0.25, 0.3) is 39.1 Å². The summed E-state index contributed by atoms with van der Waals surface area (Å²) in [6.07, 6.45) is 9.86. The van der Waals surface area contributed by atoms with Crippen LogP contribution in [0.2, 0.25) is 0 Å². The summed E-state index contributed by atoms with van der Waals surface area (Å²) in [5, 5.41) is 19.3. The Balaban J connectivity index is 1.33. The molecule has 43 heavy (non-hydrogen) atoms. The average Bonchev–Trinajstić information content (AvgIpc) is 3.57. The molecule has 0 spiro atoms. The summed E-state index contributed by atoms with van der Waals surface area (Å²) in [6, 6.07) is 2.09. The zero-order valence-electron chi connectivity index (χ0n) is 24.8. The maximum atomic E-state index is 16.8. The number of halogens is 2. The van der Waals surface area contributed by atoms with Crippen LogP contribution in [0.3, 0.4) is 0 Å². The van der Waals surface area contributed by atoms with Crippen molar-refractivity contribution in [2.45, 2.75) is 58.2 Å². The van der Waals surface area contributed by atoms with Crippen molar-refractivity contribution in [3.8, 4) is 17.3 Å². The molecule has 1 saturated carbocycles. The molecule has 11 heteroatoms. The Bertz CT molecular complexity index is 1730. The summed E-state index contributed by atoms with van der Waals surface area (Å²) in [7, 11) is 0. The van der Waals surface area contributed by atoms with Gasteiger partial charge in [0.05, 0.1) is 29.3 Å². The van der Waals surface area contributed by atoms with Crippen LogP contribution in [0.1, 0.15) is 50.7 Å². The maximum absolute atomic E-state index is 16.8. The highest BCUT2D eigenvalue weighted by Gasteiger charge is 2.47. The van der Waals surface area contributed by atoms with Crippen molar-refractivity contribution in [1.29, 1.82) is 0 Å². The lowest BCUT2D eigenvalue weighted by Crippen LogP contribution is -2.51. The van der Waals surface area contributed by atoms with Gasteiger partial charge in [-0.3, -0.25) is 15.0 Å². The second kappa shape index (κ2) is 10.5. The number of β-amino-alcohol motifs (C(OH)–C–C–N with tert-alkyl or cyclic N) is 1. The predicted octanol–water partition coefficient (Wildman–Crippen LogP) is 5.21. The van der Waals surface area contributed by atoms with Crippen LogP contribution in [0.4, 0.5) is 14.6 Å². The Labute approximate surface area is 249 Å². The van der Waals surface area contributed by atoms with Gasteiger partial charge in [-0.2, -0.15) is 15.1 Å². The Morgan fingerprint density at radius 1 is 1.19 bits per heavy atom. The van der Waals surface area contributed by atoms with Gasteiger partial charge in [0.1, 0.15) is 23.2 Å². The smallest absolute Gasteiger partial charge is 0.319 e. The SMILES string of the molecule is C/C=C\c1c(C)cc2[nH]ncc2c1-c1ncc2c(N3CCC[C@@](C)(O)C3)nc(OCC3(CN4CC(F)C4)CC3)nc2c1F. The Morgan fingerprint density at radius 2 is 2.00 bits per heavy atom. The maximum Gasteiger partial charge on any atom is 0.319 e. The molecule has 4 aromatic rings. The second-order valence-corrected chi connectivity index (χ2v) is 12.9. The van der Waals surface area contributed by atoms with Crippen LogP contribution < -0.4 is 9.64 Å². The summed E-state index contributed by atoms with van der Waals surface area (Å²) < 4.78 is 36.4. The van der Waals surface area contributed by atoms with Crippen molar-refractivity contribution < 1.29 is 18.6 Å². The van der Waals surface area contributed by atoms with E-state index in [4.69, 9.17) is 9.72 Å². The molecule has 7 rings (SSSR count). The molecule has 0 bridgehead atoms. The van der Waals surface area contributed by atoms with Gasteiger partial charge in [0, 0.05) is 55.3 Å². The fourth-order valence-corrected chi connectivity index (χ4v) is 6.63. The molecule has 0 unspecified atom stereocenters. The molecule has 1 aromatic carbocycles. The molecule has 2 N–H and O–H groups in total. The minimum atomic E-state index is -0.901. The number of pyridine rings is 1. The Hall–Kier alpha value is -3.70. The molecule has 2 saturated heterocycles. The number of H-pyrrole nitrogens is 1. The first-order chi connectivity index (χ1) is 20.7. The quantitative estimate of drug-likeness (QED) is 0.289. The lowest BCUT2D eigenvalue weighted by molar-refractivity contribution is 0.0370. The van der Waals surface area contributed by atoms with Crippen molar-refractivity contribution in [1.82, 2.24) is 30.0 Å². The summed E-state index contributed by atoms with van der Waals surface area (Å²) in [5.74, 6) is -0.0681. The molecule has 3 aromatic heterocycles. The van der Waals surface area contributed by atoms with Crippen LogP contribution >= 0.6 is 0 Å². The van der Waals surface area contributed by atoms with E-state index in [0.717, 1.165) is 47.8 Å². The van der Waals surface area contributed by atoms with E-state index in [1.165, 1.54) is 0 Å². The zero-order chi connectivity index (χ0) is 29.9. The van der Waals surface area contributed by atoms with Gasteiger partial charge >= 0.3 is 6.01 Å². The van der Waals surface area contributed by atoms with Gasteiger partial charge in [-0.25, -0.2) is 8.78 Å². The standard InChI is InChI=1S/C32H37F2N7O2/c1-4-6-21-19(2)11-24-22(13-36-39-24)25(21)28-26(34)27-23(12-35-28)29(41-10-5-7-31(3,42)16-41)38-30(37-27)43-18-32(8-9-32)17-40-14-20(33)15-40/h4,6,11-13,20,42H,5,7-10,14-18H2,1-3H3,(H,36,39)/b6-4-/t31-/m1/s1. The summed E-state index contributed by atoms with van der Waals surface area (Å²) in [6.45, 7) is 8.80. The number of ether oxygens (including phenoxy) is 1. The molecule has 5 heterocycles. The summed E-state index contributed by atoms with van der Waals surface area (Å²) in [5.41, 5.74) is 2.58. The number of piperidine rings is 1. The van der Waals surface area contributed by atoms with Crippen LogP contribution in [-0.4, -0.2) is 86.3 Å². The molecule has 3 aliphatic rings. The number of anilines is 1. The van der Waals surface area contributed by atoms with Crippen molar-refractivity contribution in [3.63, 3.8) is 0 Å². The molecule has 9 nitrogen and oxygen atoms in total. The Morgan fingerprint density at radius 3 is 2.72 bits per heavy atom. The van der Waals surface area contributed by atoms with Crippen LogP contribution in [0.15, 0.2) is 24.5 Å². The minimum absolute atomic E-state index is 0.0643. The normalized spacial score (nSPS) is 22.5. The number of aliphatic hydroxyl groups is 1. The van der Waals surface area contributed by atoms with E-state index in [-0.39, 0.29) is 22.6 Å². The van der Waals surface area contributed by atoms with Crippen molar-refractivity contribution >= 4 is 33.7 Å². The summed E-state index contributed by atoms with van der Waals surface area (Å²) in [4.78, 5) is 18.1. The highest BCUT2D eigenvalue weighted by atomic mass is 19.1.